The average molecular weight is 498 g/mol. The molecule has 0 saturated heterocycles. The smallest absolute Gasteiger partial charge is 0.303 e. The summed E-state index contributed by atoms with van der Waals surface area (Å²) in [5.41, 5.74) is 4.90. The average Bonchev–Trinajstić information content (AvgIpc) is 3.22. The van der Waals surface area contributed by atoms with E-state index in [0.29, 0.717) is 28.7 Å². The van der Waals surface area contributed by atoms with Crippen LogP contribution in [-0.4, -0.2) is 15.8 Å². The molecule has 1 N–H and O–H groups in total. The summed E-state index contributed by atoms with van der Waals surface area (Å²) in [6.45, 7) is 1.94. The molecule has 0 bridgehead atoms. The third-order valence-electron chi connectivity index (χ3n) is 5.96. The van der Waals surface area contributed by atoms with Crippen molar-refractivity contribution in [1.29, 1.82) is 0 Å². The Morgan fingerprint density at radius 3 is 2.42 bits per heavy atom. The van der Waals surface area contributed by atoms with E-state index < -0.39 is 5.97 Å². The number of benzene rings is 4. The van der Waals surface area contributed by atoms with Crippen molar-refractivity contribution in [3.63, 3.8) is 0 Å². The highest BCUT2D eigenvalue weighted by Crippen LogP contribution is 2.31. The van der Waals surface area contributed by atoms with Gasteiger partial charge in [0, 0.05) is 29.1 Å². The summed E-state index contributed by atoms with van der Waals surface area (Å²) in [5.74, 6) is 0.997. The lowest BCUT2D eigenvalue weighted by atomic mass is 10.0. The van der Waals surface area contributed by atoms with Crippen LogP contribution in [0.2, 0.25) is 5.02 Å². The molecule has 180 valence electrons. The van der Waals surface area contributed by atoms with E-state index in [2.05, 4.69) is 18.2 Å². The number of carboxylic acids is 1. The summed E-state index contributed by atoms with van der Waals surface area (Å²) < 4.78 is 7.66. The summed E-state index contributed by atoms with van der Waals surface area (Å²) in [6.07, 6.45) is 2.30. The minimum Gasteiger partial charge on any atom is -0.481 e. The van der Waals surface area contributed by atoms with Crippen LogP contribution in [0, 0.1) is 6.92 Å². The summed E-state index contributed by atoms with van der Waals surface area (Å²) >= 11 is 6.23. The second-order valence-electron chi connectivity index (χ2n) is 8.55. The molecule has 5 rings (SSSR count). The van der Waals surface area contributed by atoms with Gasteiger partial charge in [0.05, 0.1) is 5.52 Å². The second kappa shape index (κ2) is 10.2. The Hall–Kier alpha value is -4.22. The van der Waals surface area contributed by atoms with Crippen LogP contribution in [0.4, 0.5) is 0 Å². The molecule has 0 atom stereocenters. The number of carboxylic acid groups (broad SMARTS) is 1. The number of aromatic nitrogens is 1. The fourth-order valence-corrected chi connectivity index (χ4v) is 4.24. The molecule has 1 heterocycles. The Morgan fingerprint density at radius 1 is 0.861 bits per heavy atom. The first-order valence-corrected chi connectivity index (χ1v) is 12.0. The normalized spacial score (nSPS) is 10.9. The Bertz CT molecular complexity index is 1540. The first-order valence-electron chi connectivity index (χ1n) is 11.6. The largest absolute Gasteiger partial charge is 0.481 e. The number of rotatable bonds is 8. The van der Waals surface area contributed by atoms with E-state index in [0.717, 1.165) is 33.2 Å². The minimum atomic E-state index is -0.836. The molecule has 0 spiro atoms. The molecular formula is C30H24ClNO4. The Balaban J connectivity index is 1.46. The van der Waals surface area contributed by atoms with Gasteiger partial charge in [-0.2, -0.15) is 4.73 Å². The van der Waals surface area contributed by atoms with E-state index in [1.54, 1.807) is 16.9 Å². The molecule has 5 aromatic rings. The van der Waals surface area contributed by atoms with Crippen molar-refractivity contribution < 1.29 is 19.5 Å². The van der Waals surface area contributed by atoms with E-state index in [1.807, 2.05) is 73.8 Å². The number of halogens is 1. The lowest BCUT2D eigenvalue weighted by Crippen LogP contribution is -2.03. The van der Waals surface area contributed by atoms with Gasteiger partial charge >= 0.3 is 5.97 Å². The van der Waals surface area contributed by atoms with E-state index in [-0.39, 0.29) is 6.42 Å². The van der Waals surface area contributed by atoms with Crippen molar-refractivity contribution in [2.45, 2.75) is 19.8 Å². The van der Waals surface area contributed by atoms with Crippen molar-refractivity contribution in [2.24, 2.45) is 0 Å². The van der Waals surface area contributed by atoms with E-state index in [4.69, 9.17) is 21.2 Å². The van der Waals surface area contributed by atoms with E-state index in [9.17, 15) is 9.90 Å². The predicted molar refractivity (Wildman–Crippen MR) is 142 cm³/mol. The zero-order valence-corrected chi connectivity index (χ0v) is 20.4. The second-order valence-corrected chi connectivity index (χ2v) is 8.96. The van der Waals surface area contributed by atoms with Crippen molar-refractivity contribution in [2.75, 3.05) is 0 Å². The van der Waals surface area contributed by atoms with Gasteiger partial charge in [-0.3, -0.25) is 4.79 Å². The number of aliphatic carboxylic acids is 1. The molecule has 0 unspecified atom stereocenters. The van der Waals surface area contributed by atoms with Gasteiger partial charge in [-0.15, -0.1) is 0 Å². The third kappa shape index (κ3) is 5.21. The molecule has 0 amide bonds. The Labute approximate surface area is 214 Å². The summed E-state index contributed by atoms with van der Waals surface area (Å²) in [5, 5.41) is 10.8. The van der Waals surface area contributed by atoms with Gasteiger partial charge in [0.25, 0.3) is 0 Å². The minimum absolute atomic E-state index is 0.0388. The zero-order valence-electron chi connectivity index (χ0n) is 19.6. The molecule has 4 aromatic carbocycles. The zero-order chi connectivity index (χ0) is 25.1. The van der Waals surface area contributed by atoms with E-state index in [1.165, 1.54) is 0 Å². The lowest BCUT2D eigenvalue weighted by Gasteiger charge is -2.11. The van der Waals surface area contributed by atoms with Gasteiger partial charge < -0.3 is 14.7 Å². The molecule has 0 aliphatic rings. The van der Waals surface area contributed by atoms with Crippen molar-refractivity contribution in [3.8, 4) is 28.4 Å². The maximum Gasteiger partial charge on any atom is 0.303 e. The Kier molecular flexibility index (Phi) is 6.65. The maximum atomic E-state index is 11.3. The monoisotopic (exact) mass is 497 g/mol. The van der Waals surface area contributed by atoms with Crippen LogP contribution in [0.25, 0.3) is 22.0 Å². The standard InChI is InChI=1S/C30H24ClNO4/c1-20-10-13-25(18-28(20)31)35-24-8-5-9-26(17-24)36-32-19-23(12-15-30(33)34)27-16-22(11-14-29(27)32)21-6-3-2-4-7-21/h2-11,13-14,16-19H,12,15H2,1H3,(H,33,34). The summed E-state index contributed by atoms with van der Waals surface area (Å²) in [6, 6.07) is 29.1. The molecular weight excluding hydrogens is 474 g/mol. The number of fused-ring (bicyclic) bond motifs is 1. The van der Waals surface area contributed by atoms with Crippen LogP contribution in [0.5, 0.6) is 17.2 Å². The SMILES string of the molecule is Cc1ccc(Oc2cccc(On3cc(CCC(=O)O)c4cc(-c5ccccc5)ccc43)c2)cc1Cl. The van der Waals surface area contributed by atoms with Gasteiger partial charge in [-0.05, 0) is 72.0 Å². The highest BCUT2D eigenvalue weighted by atomic mass is 35.5. The molecule has 0 saturated carbocycles. The van der Waals surface area contributed by atoms with Crippen molar-refractivity contribution in [3.05, 3.63) is 113 Å². The van der Waals surface area contributed by atoms with Crippen LogP contribution in [0.15, 0.2) is 97.2 Å². The first-order chi connectivity index (χ1) is 17.5. The van der Waals surface area contributed by atoms with Gasteiger partial charge in [-0.1, -0.05) is 60.1 Å². The lowest BCUT2D eigenvalue weighted by molar-refractivity contribution is -0.136. The number of aryl methyl sites for hydroxylation is 2. The summed E-state index contributed by atoms with van der Waals surface area (Å²) in [7, 11) is 0. The molecule has 0 radical (unpaired) electrons. The maximum absolute atomic E-state index is 11.3. The van der Waals surface area contributed by atoms with Gasteiger partial charge in [0.15, 0.2) is 5.75 Å². The molecule has 0 aliphatic heterocycles. The van der Waals surface area contributed by atoms with Crippen LogP contribution < -0.4 is 9.57 Å². The quantitative estimate of drug-likeness (QED) is 0.236. The third-order valence-corrected chi connectivity index (χ3v) is 6.36. The highest BCUT2D eigenvalue weighted by Gasteiger charge is 2.13. The van der Waals surface area contributed by atoms with Crippen LogP contribution in [0.3, 0.4) is 0 Å². The van der Waals surface area contributed by atoms with Crippen LogP contribution in [0.1, 0.15) is 17.5 Å². The number of nitrogens with zero attached hydrogens (tertiary/aromatic N) is 1. The fraction of sp³-hybridized carbons (Fsp3) is 0.100. The molecule has 36 heavy (non-hydrogen) atoms. The molecule has 0 aliphatic carbocycles. The van der Waals surface area contributed by atoms with E-state index >= 15 is 0 Å². The first kappa shape index (κ1) is 23.5. The molecule has 6 heteroatoms. The fourth-order valence-electron chi connectivity index (χ4n) is 4.07. The van der Waals surface area contributed by atoms with Crippen molar-refractivity contribution >= 4 is 28.5 Å². The molecule has 5 nitrogen and oxygen atoms in total. The van der Waals surface area contributed by atoms with Crippen molar-refractivity contribution in [1.82, 2.24) is 4.73 Å². The number of carbonyl (C=O) groups is 1. The topological polar surface area (TPSA) is 60.7 Å². The number of ether oxygens (including phenoxy) is 1. The van der Waals surface area contributed by atoms with Gasteiger partial charge in [0.2, 0.25) is 0 Å². The molecule has 1 aromatic heterocycles. The summed E-state index contributed by atoms with van der Waals surface area (Å²) in [4.78, 5) is 17.5. The highest BCUT2D eigenvalue weighted by molar-refractivity contribution is 6.31. The predicted octanol–water partition coefficient (Wildman–Crippen LogP) is 7.92. The number of hydrogen-bond acceptors (Lipinski definition) is 3. The molecule has 0 fully saturated rings. The van der Waals surface area contributed by atoms with Gasteiger partial charge in [-0.25, -0.2) is 0 Å². The van der Waals surface area contributed by atoms with Crippen LogP contribution >= 0.6 is 11.6 Å². The number of hydrogen-bond donors (Lipinski definition) is 1. The van der Waals surface area contributed by atoms with Crippen LogP contribution in [-0.2, 0) is 11.2 Å². The Morgan fingerprint density at radius 2 is 1.64 bits per heavy atom. The van der Waals surface area contributed by atoms with Gasteiger partial charge in [0.1, 0.15) is 11.5 Å².